The van der Waals surface area contributed by atoms with E-state index in [0.29, 0.717) is 13.1 Å². The van der Waals surface area contributed by atoms with E-state index in [0.717, 1.165) is 24.9 Å². The highest BCUT2D eigenvalue weighted by Gasteiger charge is 2.19. The Bertz CT molecular complexity index is 350. The van der Waals surface area contributed by atoms with E-state index in [4.69, 9.17) is 0 Å². The maximum absolute atomic E-state index is 11.9. The molecule has 1 N–H and O–H groups in total. The summed E-state index contributed by atoms with van der Waals surface area (Å²) < 4.78 is 0. The van der Waals surface area contributed by atoms with Crippen molar-refractivity contribution in [2.75, 3.05) is 19.6 Å². The number of carbonyl (C=O) groups excluding carboxylic acids is 1. The number of likely N-dealkylation sites (tertiary alicyclic amines) is 1. The number of benzene rings is 1. The number of ketones is 1. The summed E-state index contributed by atoms with van der Waals surface area (Å²) in [6.07, 6.45) is 1.57. The van der Waals surface area contributed by atoms with E-state index in [-0.39, 0.29) is 11.9 Å². The molecule has 1 heterocycles. The van der Waals surface area contributed by atoms with E-state index in [1.165, 1.54) is 0 Å². The maximum Gasteiger partial charge on any atom is 0.176 e. The first-order chi connectivity index (χ1) is 7.75. The Kier molecular flexibility index (Phi) is 3.70. The summed E-state index contributed by atoms with van der Waals surface area (Å²) in [6.45, 7) is 1.95. The second kappa shape index (κ2) is 5.23. The van der Waals surface area contributed by atoms with Crippen molar-refractivity contribution >= 4 is 5.78 Å². The van der Waals surface area contributed by atoms with Crippen LogP contribution in [-0.2, 0) is 0 Å². The summed E-state index contributed by atoms with van der Waals surface area (Å²) in [4.78, 5) is 13.9. The zero-order chi connectivity index (χ0) is 11.4. The Morgan fingerprint density at radius 3 is 2.81 bits per heavy atom. The minimum atomic E-state index is -0.266. The first-order valence-electron chi connectivity index (χ1n) is 5.74. The molecule has 1 aliphatic rings. The molecule has 86 valence electrons. The lowest BCUT2D eigenvalue weighted by Gasteiger charge is -2.29. The first kappa shape index (κ1) is 11.3. The van der Waals surface area contributed by atoms with Crippen molar-refractivity contribution in [3.8, 4) is 0 Å². The van der Waals surface area contributed by atoms with Crippen LogP contribution in [0.3, 0.4) is 0 Å². The molecule has 1 fully saturated rings. The average Bonchev–Trinajstić information content (AvgIpc) is 2.30. The van der Waals surface area contributed by atoms with Crippen LogP contribution in [0.2, 0.25) is 0 Å². The Hall–Kier alpha value is -1.19. The van der Waals surface area contributed by atoms with Crippen molar-refractivity contribution < 1.29 is 9.90 Å². The van der Waals surface area contributed by atoms with Gasteiger partial charge in [0.1, 0.15) is 0 Å². The third-order valence-corrected chi connectivity index (χ3v) is 2.94. The molecule has 0 amide bonds. The van der Waals surface area contributed by atoms with Crippen LogP contribution in [0.5, 0.6) is 0 Å². The van der Waals surface area contributed by atoms with E-state index >= 15 is 0 Å². The van der Waals surface area contributed by atoms with Crippen LogP contribution in [-0.4, -0.2) is 41.5 Å². The second-order valence-corrected chi connectivity index (χ2v) is 4.32. The van der Waals surface area contributed by atoms with Gasteiger partial charge in [0.05, 0.1) is 12.6 Å². The molecule has 0 unspecified atom stereocenters. The quantitative estimate of drug-likeness (QED) is 0.780. The molecule has 1 atom stereocenters. The number of β-amino-alcohol motifs (C(OH)–C–C–N with tert-alkyl or cyclic N) is 1. The van der Waals surface area contributed by atoms with Gasteiger partial charge in [-0.3, -0.25) is 9.69 Å². The highest BCUT2D eigenvalue weighted by atomic mass is 16.3. The van der Waals surface area contributed by atoms with Crippen LogP contribution >= 0.6 is 0 Å². The third kappa shape index (κ3) is 2.90. The van der Waals surface area contributed by atoms with Gasteiger partial charge in [0, 0.05) is 12.1 Å². The molecular formula is C13H17NO2. The molecule has 0 radical (unpaired) electrons. The fourth-order valence-corrected chi connectivity index (χ4v) is 2.09. The smallest absolute Gasteiger partial charge is 0.176 e. The molecule has 16 heavy (non-hydrogen) atoms. The first-order valence-corrected chi connectivity index (χ1v) is 5.74. The van der Waals surface area contributed by atoms with Gasteiger partial charge in [0.25, 0.3) is 0 Å². The van der Waals surface area contributed by atoms with Crippen LogP contribution in [0.1, 0.15) is 23.2 Å². The number of Topliss-reactive ketones (excluding diaryl/α,β-unsaturated/α-hetero) is 1. The van der Waals surface area contributed by atoms with E-state index in [2.05, 4.69) is 0 Å². The maximum atomic E-state index is 11.9. The number of aliphatic hydroxyl groups is 1. The van der Waals surface area contributed by atoms with Crippen molar-refractivity contribution in [1.82, 2.24) is 4.90 Å². The summed E-state index contributed by atoms with van der Waals surface area (Å²) in [7, 11) is 0. The molecule has 0 saturated carbocycles. The number of rotatable bonds is 3. The van der Waals surface area contributed by atoms with Gasteiger partial charge in [0.2, 0.25) is 0 Å². The molecule has 0 aliphatic carbocycles. The van der Waals surface area contributed by atoms with Crippen molar-refractivity contribution in [1.29, 1.82) is 0 Å². The summed E-state index contributed by atoms with van der Waals surface area (Å²) in [6, 6.07) is 9.32. The average molecular weight is 219 g/mol. The molecular weight excluding hydrogens is 202 g/mol. The highest BCUT2D eigenvalue weighted by Crippen LogP contribution is 2.10. The number of nitrogens with zero attached hydrogens (tertiary/aromatic N) is 1. The van der Waals surface area contributed by atoms with Crippen LogP contribution in [0.15, 0.2) is 30.3 Å². The van der Waals surface area contributed by atoms with Crippen molar-refractivity contribution in [3.63, 3.8) is 0 Å². The predicted octanol–water partition coefficient (Wildman–Crippen LogP) is 1.33. The van der Waals surface area contributed by atoms with E-state index < -0.39 is 0 Å². The van der Waals surface area contributed by atoms with Crippen molar-refractivity contribution in [2.24, 2.45) is 0 Å². The Morgan fingerprint density at radius 1 is 1.38 bits per heavy atom. The monoisotopic (exact) mass is 219 g/mol. The normalized spacial score (nSPS) is 21.9. The number of carbonyl (C=O) groups is 1. The van der Waals surface area contributed by atoms with Gasteiger partial charge in [0.15, 0.2) is 5.78 Å². The zero-order valence-corrected chi connectivity index (χ0v) is 9.30. The fourth-order valence-electron chi connectivity index (χ4n) is 2.09. The van der Waals surface area contributed by atoms with Crippen molar-refractivity contribution in [2.45, 2.75) is 18.9 Å². The molecule has 1 aromatic rings. The lowest BCUT2D eigenvalue weighted by atomic mass is 10.1. The molecule has 0 spiro atoms. The summed E-state index contributed by atoms with van der Waals surface area (Å²) in [5, 5.41) is 9.51. The number of piperidine rings is 1. The Morgan fingerprint density at radius 2 is 2.12 bits per heavy atom. The Balaban J connectivity index is 1.92. The molecule has 1 saturated heterocycles. The molecule has 0 aromatic heterocycles. The lowest BCUT2D eigenvalue weighted by molar-refractivity contribution is 0.0634. The van der Waals surface area contributed by atoms with Gasteiger partial charge in [-0.05, 0) is 19.4 Å². The molecule has 3 heteroatoms. The Labute approximate surface area is 95.7 Å². The highest BCUT2D eigenvalue weighted by molar-refractivity contribution is 5.97. The molecule has 3 nitrogen and oxygen atoms in total. The minimum Gasteiger partial charge on any atom is -0.392 e. The van der Waals surface area contributed by atoms with E-state index in [9.17, 15) is 9.90 Å². The standard InChI is InChI=1S/C13H17NO2/c15-12-7-4-8-14(9-12)10-13(16)11-5-2-1-3-6-11/h1-3,5-6,12,15H,4,7-10H2/t12-/m0/s1. The van der Waals surface area contributed by atoms with Crippen LogP contribution in [0.4, 0.5) is 0 Å². The summed E-state index contributed by atoms with van der Waals surface area (Å²) in [5.41, 5.74) is 0.752. The summed E-state index contributed by atoms with van der Waals surface area (Å²) >= 11 is 0. The number of hydrogen-bond donors (Lipinski definition) is 1. The number of aliphatic hydroxyl groups excluding tert-OH is 1. The van der Waals surface area contributed by atoms with Gasteiger partial charge in [-0.15, -0.1) is 0 Å². The minimum absolute atomic E-state index is 0.134. The fraction of sp³-hybridized carbons (Fsp3) is 0.462. The molecule has 2 rings (SSSR count). The van der Waals surface area contributed by atoms with Gasteiger partial charge >= 0.3 is 0 Å². The summed E-state index contributed by atoms with van der Waals surface area (Å²) in [5.74, 6) is 0.134. The third-order valence-electron chi connectivity index (χ3n) is 2.94. The SMILES string of the molecule is O=C(CN1CCC[C@H](O)C1)c1ccccc1. The molecule has 1 aliphatic heterocycles. The predicted molar refractivity (Wildman–Crippen MR) is 62.5 cm³/mol. The van der Waals surface area contributed by atoms with Crippen LogP contribution < -0.4 is 0 Å². The van der Waals surface area contributed by atoms with Crippen LogP contribution in [0, 0.1) is 0 Å². The lowest BCUT2D eigenvalue weighted by Crippen LogP contribution is -2.41. The largest absolute Gasteiger partial charge is 0.392 e. The molecule has 1 aromatic carbocycles. The van der Waals surface area contributed by atoms with E-state index in [1.54, 1.807) is 0 Å². The van der Waals surface area contributed by atoms with Gasteiger partial charge in [-0.25, -0.2) is 0 Å². The van der Waals surface area contributed by atoms with E-state index in [1.807, 2.05) is 35.2 Å². The zero-order valence-electron chi connectivity index (χ0n) is 9.30. The molecule has 0 bridgehead atoms. The van der Waals surface area contributed by atoms with Gasteiger partial charge in [-0.1, -0.05) is 30.3 Å². The topological polar surface area (TPSA) is 40.5 Å². The van der Waals surface area contributed by atoms with Crippen LogP contribution in [0.25, 0.3) is 0 Å². The second-order valence-electron chi connectivity index (χ2n) is 4.32. The van der Waals surface area contributed by atoms with Gasteiger partial charge in [-0.2, -0.15) is 0 Å². The van der Waals surface area contributed by atoms with Crippen molar-refractivity contribution in [3.05, 3.63) is 35.9 Å². The van der Waals surface area contributed by atoms with Gasteiger partial charge < -0.3 is 5.11 Å². The number of hydrogen-bond acceptors (Lipinski definition) is 3.